The fraction of sp³-hybridized carbons (Fsp3) is 0.0909. The molecule has 0 amide bonds. The average Bonchev–Trinajstić information content (AvgIpc) is 3.27. The second-order valence-electron chi connectivity index (χ2n) is 6.42. The van der Waals surface area contributed by atoms with Crippen molar-refractivity contribution in [1.82, 2.24) is 15.1 Å². The van der Waals surface area contributed by atoms with Crippen molar-refractivity contribution < 1.29 is 14.1 Å². The van der Waals surface area contributed by atoms with Crippen LogP contribution in [0.25, 0.3) is 11.5 Å². The molecule has 9 heteroatoms. The fourth-order valence-corrected chi connectivity index (χ4v) is 2.86. The average molecular weight is 436 g/mol. The van der Waals surface area contributed by atoms with Gasteiger partial charge in [-0.2, -0.15) is 4.98 Å². The van der Waals surface area contributed by atoms with Gasteiger partial charge >= 0.3 is 0 Å². The van der Waals surface area contributed by atoms with E-state index in [0.717, 1.165) is 5.56 Å². The van der Waals surface area contributed by atoms with E-state index in [9.17, 15) is 0 Å². The molecule has 0 saturated carbocycles. The Morgan fingerprint density at radius 1 is 1.03 bits per heavy atom. The standard InChI is InChI=1S/C22H18ClN5O3/c23-19-6-2-1-5-18(19)22-26-20(27-31-22)14-30-28-21(24)16-7-9-17(10-8-16)29-13-15-4-3-11-25-12-15/h1-12H,13-14H2,(H2,24,28). The monoisotopic (exact) mass is 435 g/mol. The molecule has 0 fully saturated rings. The van der Waals surface area contributed by atoms with E-state index in [-0.39, 0.29) is 12.4 Å². The van der Waals surface area contributed by atoms with Crippen LogP contribution in [0.4, 0.5) is 0 Å². The number of aromatic nitrogens is 3. The Morgan fingerprint density at radius 3 is 2.65 bits per heavy atom. The van der Waals surface area contributed by atoms with Crippen LogP contribution < -0.4 is 10.5 Å². The van der Waals surface area contributed by atoms with E-state index >= 15 is 0 Å². The summed E-state index contributed by atoms with van der Waals surface area (Å²) in [7, 11) is 0. The van der Waals surface area contributed by atoms with E-state index in [4.69, 9.17) is 31.4 Å². The van der Waals surface area contributed by atoms with Gasteiger partial charge in [-0.1, -0.05) is 40.1 Å². The third kappa shape index (κ3) is 5.37. The number of rotatable bonds is 8. The summed E-state index contributed by atoms with van der Waals surface area (Å²) in [4.78, 5) is 13.6. The van der Waals surface area contributed by atoms with Gasteiger partial charge in [0.15, 0.2) is 12.4 Å². The summed E-state index contributed by atoms with van der Waals surface area (Å²) in [6.07, 6.45) is 3.48. The molecular weight excluding hydrogens is 418 g/mol. The van der Waals surface area contributed by atoms with Gasteiger partial charge in [0, 0.05) is 23.5 Å². The second kappa shape index (κ2) is 9.73. The Labute approximate surface area is 183 Å². The highest BCUT2D eigenvalue weighted by molar-refractivity contribution is 6.33. The van der Waals surface area contributed by atoms with E-state index in [1.54, 1.807) is 36.7 Å². The molecule has 0 unspecified atom stereocenters. The Morgan fingerprint density at radius 2 is 1.87 bits per heavy atom. The highest BCUT2D eigenvalue weighted by atomic mass is 35.5. The molecule has 2 aromatic carbocycles. The Kier molecular flexibility index (Phi) is 6.39. The molecule has 8 nitrogen and oxygen atoms in total. The summed E-state index contributed by atoms with van der Waals surface area (Å²) >= 11 is 6.13. The van der Waals surface area contributed by atoms with E-state index in [0.29, 0.717) is 40.2 Å². The zero-order chi connectivity index (χ0) is 21.5. The number of halogens is 1. The molecular formula is C22H18ClN5O3. The number of hydrogen-bond acceptors (Lipinski definition) is 7. The van der Waals surface area contributed by atoms with Gasteiger partial charge in [-0.05, 0) is 42.5 Å². The normalized spacial score (nSPS) is 11.3. The minimum absolute atomic E-state index is 0.000951. The molecule has 0 spiro atoms. The molecule has 2 heterocycles. The minimum atomic E-state index is 0.000951. The number of hydrogen-bond donors (Lipinski definition) is 1. The predicted octanol–water partition coefficient (Wildman–Crippen LogP) is 4.20. The molecule has 0 aliphatic rings. The third-order valence-electron chi connectivity index (χ3n) is 4.21. The lowest BCUT2D eigenvalue weighted by molar-refractivity contribution is 0.122. The second-order valence-corrected chi connectivity index (χ2v) is 6.83. The van der Waals surface area contributed by atoms with Gasteiger partial charge in [0.05, 0.1) is 10.6 Å². The summed E-state index contributed by atoms with van der Waals surface area (Å²) < 4.78 is 10.9. The van der Waals surface area contributed by atoms with Gasteiger partial charge in [-0.3, -0.25) is 4.98 Å². The number of amidine groups is 1. The largest absolute Gasteiger partial charge is 0.489 e. The van der Waals surface area contributed by atoms with Crippen LogP contribution in [0.3, 0.4) is 0 Å². The lowest BCUT2D eigenvalue weighted by Gasteiger charge is -2.07. The molecule has 0 saturated heterocycles. The summed E-state index contributed by atoms with van der Waals surface area (Å²) in [5.41, 5.74) is 8.31. The van der Waals surface area contributed by atoms with E-state index in [1.807, 2.05) is 36.4 Å². The molecule has 2 N–H and O–H groups in total. The molecule has 4 rings (SSSR count). The van der Waals surface area contributed by atoms with Crippen LogP contribution in [0.1, 0.15) is 17.0 Å². The molecule has 0 atom stereocenters. The van der Waals surface area contributed by atoms with Crippen LogP contribution in [0.5, 0.6) is 5.75 Å². The van der Waals surface area contributed by atoms with Crippen molar-refractivity contribution in [3.63, 3.8) is 0 Å². The van der Waals surface area contributed by atoms with Crippen molar-refractivity contribution >= 4 is 17.4 Å². The van der Waals surface area contributed by atoms with Crippen molar-refractivity contribution in [2.75, 3.05) is 0 Å². The Bertz CT molecular complexity index is 1160. The van der Waals surface area contributed by atoms with Crippen molar-refractivity contribution in [2.24, 2.45) is 10.9 Å². The van der Waals surface area contributed by atoms with Crippen LogP contribution >= 0.6 is 11.6 Å². The minimum Gasteiger partial charge on any atom is -0.489 e. The molecule has 156 valence electrons. The van der Waals surface area contributed by atoms with Gasteiger partial charge in [-0.25, -0.2) is 0 Å². The van der Waals surface area contributed by atoms with Gasteiger partial charge in [0.25, 0.3) is 5.89 Å². The van der Waals surface area contributed by atoms with Crippen molar-refractivity contribution in [1.29, 1.82) is 0 Å². The first-order valence-corrected chi connectivity index (χ1v) is 9.72. The predicted molar refractivity (Wildman–Crippen MR) is 115 cm³/mol. The molecule has 0 radical (unpaired) electrons. The molecule has 4 aromatic rings. The van der Waals surface area contributed by atoms with Gasteiger partial charge in [-0.15, -0.1) is 0 Å². The topological polar surface area (TPSA) is 109 Å². The van der Waals surface area contributed by atoms with E-state index < -0.39 is 0 Å². The molecule has 2 aromatic heterocycles. The lowest BCUT2D eigenvalue weighted by atomic mass is 10.2. The third-order valence-corrected chi connectivity index (χ3v) is 4.54. The number of benzene rings is 2. The van der Waals surface area contributed by atoms with Gasteiger partial charge in [0.1, 0.15) is 12.4 Å². The number of pyridine rings is 1. The Hall–Kier alpha value is -3.91. The van der Waals surface area contributed by atoms with Crippen LogP contribution in [-0.2, 0) is 18.1 Å². The summed E-state index contributed by atoms with van der Waals surface area (Å²) in [6, 6.07) is 18.2. The molecule has 31 heavy (non-hydrogen) atoms. The van der Waals surface area contributed by atoms with Crippen LogP contribution in [0.15, 0.2) is 82.7 Å². The molecule has 0 aliphatic carbocycles. The SMILES string of the molecule is NC(=NOCc1noc(-c2ccccc2Cl)n1)c1ccc(OCc2cccnc2)cc1. The highest BCUT2D eigenvalue weighted by Gasteiger charge is 2.12. The molecule has 0 aliphatic heterocycles. The van der Waals surface area contributed by atoms with Crippen molar-refractivity contribution in [2.45, 2.75) is 13.2 Å². The quantitative estimate of drug-likeness (QED) is 0.251. The van der Waals surface area contributed by atoms with Gasteiger partial charge in [0.2, 0.25) is 5.82 Å². The first kappa shape index (κ1) is 20.4. The zero-order valence-corrected chi connectivity index (χ0v) is 17.1. The number of ether oxygens (including phenoxy) is 1. The first-order valence-electron chi connectivity index (χ1n) is 9.34. The maximum Gasteiger partial charge on any atom is 0.259 e. The Balaban J connectivity index is 1.31. The lowest BCUT2D eigenvalue weighted by Crippen LogP contribution is -2.13. The van der Waals surface area contributed by atoms with Crippen molar-refractivity contribution in [3.05, 3.63) is 95.0 Å². The smallest absolute Gasteiger partial charge is 0.259 e. The number of nitrogens with two attached hydrogens (primary N) is 1. The number of oxime groups is 1. The molecule has 0 bridgehead atoms. The van der Waals surface area contributed by atoms with Crippen LogP contribution in [0, 0.1) is 0 Å². The summed E-state index contributed by atoms with van der Waals surface area (Å²) in [5.74, 6) is 1.56. The zero-order valence-electron chi connectivity index (χ0n) is 16.3. The summed E-state index contributed by atoms with van der Waals surface area (Å²) in [6.45, 7) is 0.432. The highest BCUT2D eigenvalue weighted by Crippen LogP contribution is 2.25. The van der Waals surface area contributed by atoms with Crippen molar-refractivity contribution in [3.8, 4) is 17.2 Å². The van der Waals surface area contributed by atoms with E-state index in [2.05, 4.69) is 20.3 Å². The maximum atomic E-state index is 6.13. The van der Waals surface area contributed by atoms with Crippen LogP contribution in [-0.4, -0.2) is 21.0 Å². The maximum absolute atomic E-state index is 6.13. The van der Waals surface area contributed by atoms with Crippen LogP contribution in [0.2, 0.25) is 5.02 Å². The van der Waals surface area contributed by atoms with E-state index in [1.165, 1.54) is 0 Å². The first-order chi connectivity index (χ1) is 15.2. The van der Waals surface area contributed by atoms with Gasteiger partial charge < -0.3 is 19.8 Å². The fourth-order valence-electron chi connectivity index (χ4n) is 2.64. The summed E-state index contributed by atoms with van der Waals surface area (Å²) in [5, 5.41) is 8.29. The number of nitrogens with zero attached hydrogens (tertiary/aromatic N) is 4.